The molecule has 2 N–H and O–H groups in total. The Morgan fingerprint density at radius 2 is 1.81 bits per heavy atom. The number of hydroxylamine groups is 1. The molecule has 0 spiro atoms. The topological polar surface area (TPSA) is 61.7 Å². The molecule has 0 saturated carbocycles. The van der Waals surface area contributed by atoms with E-state index < -0.39 is 5.91 Å². The Labute approximate surface area is 159 Å². The van der Waals surface area contributed by atoms with Crippen molar-refractivity contribution in [3.05, 3.63) is 82.2 Å². The highest BCUT2D eigenvalue weighted by molar-refractivity contribution is 6.13. The van der Waals surface area contributed by atoms with Gasteiger partial charge in [0.25, 0.3) is 0 Å². The summed E-state index contributed by atoms with van der Waals surface area (Å²) in [6, 6.07) is 14.9. The molecule has 0 aromatic heterocycles. The van der Waals surface area contributed by atoms with Gasteiger partial charge >= 0.3 is 0 Å². The number of allylic oxidation sites excluding steroid dienone is 2. The molecule has 4 nitrogen and oxygen atoms in total. The maximum absolute atomic E-state index is 14.0. The van der Waals surface area contributed by atoms with Gasteiger partial charge in [-0.3, -0.25) is 15.0 Å². The number of benzene rings is 2. The molecular formula is C22H25FN2O2. The van der Waals surface area contributed by atoms with E-state index >= 15 is 0 Å². The first-order valence-electron chi connectivity index (χ1n) is 8.86. The number of hydrogen-bond donors (Lipinski definition) is 2. The van der Waals surface area contributed by atoms with E-state index in [1.54, 1.807) is 25.5 Å². The predicted octanol–water partition coefficient (Wildman–Crippen LogP) is 4.40. The maximum Gasteiger partial charge on any atom is 0.243 e. The van der Waals surface area contributed by atoms with Gasteiger partial charge in [-0.2, -0.15) is 0 Å². The van der Waals surface area contributed by atoms with Gasteiger partial charge in [0.2, 0.25) is 5.91 Å². The fourth-order valence-electron chi connectivity index (χ4n) is 3.01. The van der Waals surface area contributed by atoms with Gasteiger partial charge in [0.1, 0.15) is 5.82 Å². The van der Waals surface area contributed by atoms with Crippen molar-refractivity contribution < 1.29 is 14.4 Å². The Hall–Kier alpha value is -2.79. The van der Waals surface area contributed by atoms with E-state index in [-0.39, 0.29) is 12.2 Å². The van der Waals surface area contributed by atoms with E-state index in [0.29, 0.717) is 18.4 Å². The molecule has 2 aromatic rings. The lowest BCUT2D eigenvalue weighted by atomic mass is 9.89. The second-order valence-corrected chi connectivity index (χ2v) is 6.43. The molecule has 2 rings (SSSR count). The van der Waals surface area contributed by atoms with E-state index in [1.165, 1.54) is 6.07 Å². The van der Waals surface area contributed by atoms with Crippen molar-refractivity contribution in [2.45, 2.75) is 33.1 Å². The third-order valence-electron chi connectivity index (χ3n) is 4.67. The third-order valence-corrected chi connectivity index (χ3v) is 4.67. The van der Waals surface area contributed by atoms with E-state index in [9.17, 15) is 9.18 Å². The van der Waals surface area contributed by atoms with Crippen LogP contribution in [0.15, 0.2) is 64.7 Å². The quantitative estimate of drug-likeness (QED) is 0.432. The lowest BCUT2D eigenvalue weighted by Crippen LogP contribution is -2.18. The first-order chi connectivity index (χ1) is 13.0. The van der Waals surface area contributed by atoms with Gasteiger partial charge in [0.05, 0.1) is 5.71 Å². The standard InChI is InChI=1S/C22H25FN2O2/c1-15(12-13-21(26)25-27)19(14-18-10-7-11-20(23)16(18)2)22(24-3)17-8-5-4-6-9-17/h4-11,27H,12-14H2,1-3H3,(H,25,26)/b19-15+,24-22-. The summed E-state index contributed by atoms with van der Waals surface area (Å²) in [6.07, 6.45) is 1.15. The van der Waals surface area contributed by atoms with Crippen LogP contribution in [0.25, 0.3) is 0 Å². The number of nitrogens with zero attached hydrogens (tertiary/aromatic N) is 1. The molecule has 0 aliphatic heterocycles. The first-order valence-corrected chi connectivity index (χ1v) is 8.86. The van der Waals surface area contributed by atoms with E-state index in [0.717, 1.165) is 28.0 Å². The lowest BCUT2D eigenvalue weighted by Gasteiger charge is -2.17. The number of nitrogens with one attached hydrogen (secondary N) is 1. The monoisotopic (exact) mass is 368 g/mol. The van der Waals surface area contributed by atoms with Crippen LogP contribution in [0.2, 0.25) is 0 Å². The number of aliphatic imine (C=N–C) groups is 1. The highest BCUT2D eigenvalue weighted by atomic mass is 19.1. The molecule has 0 aliphatic rings. The zero-order valence-electron chi connectivity index (χ0n) is 15.9. The molecule has 5 heteroatoms. The molecule has 0 bridgehead atoms. The molecule has 0 fully saturated rings. The summed E-state index contributed by atoms with van der Waals surface area (Å²) in [7, 11) is 1.73. The molecule has 2 aromatic carbocycles. The summed E-state index contributed by atoms with van der Waals surface area (Å²) in [4.78, 5) is 15.9. The Balaban J connectivity index is 2.47. The van der Waals surface area contributed by atoms with Crippen LogP contribution in [-0.2, 0) is 11.2 Å². The Morgan fingerprint density at radius 1 is 1.11 bits per heavy atom. The van der Waals surface area contributed by atoms with Gasteiger partial charge in [0.15, 0.2) is 0 Å². The summed E-state index contributed by atoms with van der Waals surface area (Å²) in [5.74, 6) is -0.677. The van der Waals surface area contributed by atoms with Crippen molar-refractivity contribution in [3.8, 4) is 0 Å². The van der Waals surface area contributed by atoms with E-state index in [2.05, 4.69) is 4.99 Å². The second-order valence-electron chi connectivity index (χ2n) is 6.43. The maximum atomic E-state index is 14.0. The van der Waals surface area contributed by atoms with Crippen LogP contribution < -0.4 is 5.48 Å². The minimum atomic E-state index is -0.440. The zero-order valence-corrected chi connectivity index (χ0v) is 15.9. The third kappa shape index (κ3) is 5.34. The number of hydrogen-bond acceptors (Lipinski definition) is 3. The molecule has 1 amide bonds. The van der Waals surface area contributed by atoms with E-state index in [4.69, 9.17) is 5.21 Å². The van der Waals surface area contributed by atoms with Crippen LogP contribution in [0.4, 0.5) is 4.39 Å². The minimum Gasteiger partial charge on any atom is -0.289 e. The van der Waals surface area contributed by atoms with Crippen LogP contribution >= 0.6 is 0 Å². The number of rotatable bonds is 7. The van der Waals surface area contributed by atoms with Crippen molar-refractivity contribution in [2.24, 2.45) is 4.99 Å². The second kappa shape index (κ2) is 9.78. The normalized spacial score (nSPS) is 12.6. The highest BCUT2D eigenvalue weighted by Crippen LogP contribution is 2.24. The Kier molecular flexibility index (Phi) is 7.44. The molecular weight excluding hydrogens is 343 g/mol. The first kappa shape index (κ1) is 20.5. The van der Waals surface area contributed by atoms with Crippen molar-refractivity contribution in [2.75, 3.05) is 7.05 Å². The van der Waals surface area contributed by atoms with Gasteiger partial charge in [-0.1, -0.05) is 48.0 Å². The summed E-state index contributed by atoms with van der Waals surface area (Å²) in [6.45, 7) is 3.71. The van der Waals surface area contributed by atoms with Gasteiger partial charge in [0, 0.05) is 13.5 Å². The predicted molar refractivity (Wildman–Crippen MR) is 106 cm³/mol. The van der Waals surface area contributed by atoms with Crippen LogP contribution in [0, 0.1) is 12.7 Å². The van der Waals surface area contributed by atoms with Crippen molar-refractivity contribution >= 4 is 11.6 Å². The summed E-state index contributed by atoms with van der Waals surface area (Å²) in [5.41, 5.74) is 6.88. The average Bonchev–Trinajstić information content (AvgIpc) is 2.69. The van der Waals surface area contributed by atoms with Gasteiger partial charge in [-0.05, 0) is 55.0 Å². The fourth-order valence-corrected chi connectivity index (χ4v) is 3.01. The van der Waals surface area contributed by atoms with Crippen molar-refractivity contribution in [1.29, 1.82) is 0 Å². The molecule has 0 unspecified atom stereocenters. The molecule has 0 atom stereocenters. The fraction of sp³-hybridized carbons (Fsp3) is 0.273. The molecule has 27 heavy (non-hydrogen) atoms. The average molecular weight is 368 g/mol. The molecule has 0 heterocycles. The molecule has 142 valence electrons. The number of carbonyl (C=O) groups is 1. The summed E-state index contributed by atoms with van der Waals surface area (Å²) >= 11 is 0. The van der Waals surface area contributed by atoms with Gasteiger partial charge in [-0.15, -0.1) is 0 Å². The molecule has 0 saturated heterocycles. The van der Waals surface area contributed by atoms with Crippen molar-refractivity contribution in [3.63, 3.8) is 0 Å². The molecule has 0 radical (unpaired) electrons. The highest BCUT2D eigenvalue weighted by Gasteiger charge is 2.16. The number of amides is 1. The van der Waals surface area contributed by atoms with Crippen LogP contribution in [-0.4, -0.2) is 23.9 Å². The summed E-state index contributed by atoms with van der Waals surface area (Å²) in [5, 5.41) is 8.74. The SMILES string of the molecule is C/N=C(\C(Cc1cccc(F)c1C)=C(/C)CCC(=O)NO)c1ccccc1. The Bertz CT molecular complexity index is 858. The number of halogens is 1. The number of carbonyl (C=O) groups excluding carboxylic acids is 1. The van der Waals surface area contributed by atoms with Gasteiger partial charge < -0.3 is 0 Å². The zero-order chi connectivity index (χ0) is 19.8. The van der Waals surface area contributed by atoms with Crippen molar-refractivity contribution in [1.82, 2.24) is 5.48 Å². The van der Waals surface area contributed by atoms with E-state index in [1.807, 2.05) is 43.3 Å². The van der Waals surface area contributed by atoms with Crippen LogP contribution in [0.1, 0.15) is 36.5 Å². The van der Waals surface area contributed by atoms with Crippen LogP contribution in [0.5, 0.6) is 0 Å². The summed E-state index contributed by atoms with van der Waals surface area (Å²) < 4.78 is 14.0. The lowest BCUT2D eigenvalue weighted by molar-refractivity contribution is -0.129. The largest absolute Gasteiger partial charge is 0.289 e. The van der Waals surface area contributed by atoms with Crippen LogP contribution in [0.3, 0.4) is 0 Å². The van der Waals surface area contributed by atoms with Gasteiger partial charge in [-0.25, -0.2) is 9.87 Å². The molecule has 0 aliphatic carbocycles. The minimum absolute atomic E-state index is 0.166. The smallest absolute Gasteiger partial charge is 0.243 e. The Morgan fingerprint density at radius 3 is 2.44 bits per heavy atom.